The van der Waals surface area contributed by atoms with E-state index in [9.17, 15) is 48.3 Å². The topological polar surface area (TPSA) is 367 Å². The second-order valence-electron chi connectivity index (χ2n) is 22.6. The molecule has 8 amide bonds. The number of nitrogens with two attached hydrogens (primary N) is 2. The Morgan fingerprint density at radius 2 is 1.01 bits per heavy atom. The number of aliphatic carboxylic acids is 1. The Kier molecular flexibility index (Phi) is 27.2. The number of hydrogen-bond acceptors (Lipinski definition) is 12. The maximum absolute atomic E-state index is 14.7. The molecule has 0 saturated carbocycles. The fourth-order valence-corrected chi connectivity index (χ4v) is 9.29. The molecule has 0 aliphatic carbocycles. The quantitative estimate of drug-likeness (QED) is 0.0295. The van der Waals surface area contributed by atoms with Crippen LogP contribution in [0.25, 0.3) is 10.9 Å². The number of carboxylic acid groups (broad SMARTS) is 1. The minimum atomic E-state index is -1.37. The molecule has 2 heterocycles. The van der Waals surface area contributed by atoms with Gasteiger partial charge in [0.05, 0.1) is 12.4 Å². The number of benzene rings is 2. The molecule has 0 fully saturated rings. The maximum atomic E-state index is 14.7. The Morgan fingerprint density at radius 3 is 1.56 bits per heavy atom. The second-order valence-corrected chi connectivity index (χ2v) is 22.6. The molecule has 0 aliphatic rings. The largest absolute Gasteiger partial charge is 0.480 e. The molecule has 10 atom stereocenters. The zero-order chi connectivity index (χ0) is 60.6. The summed E-state index contributed by atoms with van der Waals surface area (Å²) in [6.45, 7) is 16.6. The highest BCUT2D eigenvalue weighted by Crippen LogP contribution is 2.20. The van der Waals surface area contributed by atoms with Gasteiger partial charge in [0.15, 0.2) is 0 Å². The number of fused-ring (bicyclic) bond motifs is 1. The average molecular weight is 1140 g/mol. The standard InChI is InChI=1S/C59H89N13O10/c1-10-36(8)50(61)58(80)71-44(24-33(2)3)53(75)65-37(9)51(73)66-43(22-16-17-23-60)52(74)68-46(27-38-18-12-11-13-19-38)55(77)67-45(25-34(4)5)54(76)70-48(29-40-31-62-32-64-40)57(79)69-47(56(78)72-49(59(81)82)26-35(6)7)28-39-30-63-42-21-15-14-20-41(39)42/h11-15,18-21,30-37,43-50,63H,10,16-17,22-29,60-61H2,1-9H3,(H,62,64)(H,65,75)(H,66,73)(H,67,77)(H,68,74)(H,69,79)(H,70,76)(H,71,80)(H,72,78)(H,81,82). The lowest BCUT2D eigenvalue weighted by molar-refractivity contribution is -0.142. The third kappa shape index (κ3) is 21.7. The van der Waals surface area contributed by atoms with Crippen molar-refractivity contribution in [2.24, 2.45) is 35.1 Å². The molecule has 23 heteroatoms. The number of carboxylic acids is 1. The lowest BCUT2D eigenvalue weighted by Crippen LogP contribution is -2.61. The smallest absolute Gasteiger partial charge is 0.326 e. The van der Waals surface area contributed by atoms with Crippen LogP contribution in [0.2, 0.25) is 0 Å². The summed E-state index contributed by atoms with van der Waals surface area (Å²) in [5.74, 6) is -7.29. The Labute approximate surface area is 481 Å². The van der Waals surface area contributed by atoms with E-state index in [1.807, 2.05) is 79.7 Å². The number of unbranched alkanes of at least 4 members (excludes halogenated alkanes) is 1. The van der Waals surface area contributed by atoms with E-state index in [2.05, 4.69) is 57.5 Å². The highest BCUT2D eigenvalue weighted by Gasteiger charge is 2.36. The van der Waals surface area contributed by atoms with E-state index in [0.717, 1.165) is 10.9 Å². The number of hydrogen-bond donors (Lipinski definition) is 13. The van der Waals surface area contributed by atoms with E-state index in [-0.39, 0.29) is 68.6 Å². The first kappa shape index (κ1) is 66.8. The van der Waals surface area contributed by atoms with Gasteiger partial charge in [-0.3, -0.25) is 38.4 Å². The molecule has 450 valence electrons. The number of nitrogens with zero attached hydrogens (tertiary/aromatic N) is 1. The van der Waals surface area contributed by atoms with E-state index in [1.165, 1.54) is 19.4 Å². The van der Waals surface area contributed by atoms with Crippen LogP contribution in [0, 0.1) is 23.7 Å². The van der Waals surface area contributed by atoms with Gasteiger partial charge in [0.2, 0.25) is 47.3 Å². The number of para-hydroxylation sites is 1. The van der Waals surface area contributed by atoms with Crippen LogP contribution in [0.15, 0.2) is 73.3 Å². The fraction of sp³-hybridized carbons (Fsp3) is 0.559. The fourth-order valence-electron chi connectivity index (χ4n) is 9.29. The Bertz CT molecular complexity index is 2710. The summed E-state index contributed by atoms with van der Waals surface area (Å²) < 4.78 is 0. The van der Waals surface area contributed by atoms with E-state index in [0.29, 0.717) is 42.6 Å². The summed E-state index contributed by atoms with van der Waals surface area (Å²) in [6, 6.07) is 5.43. The van der Waals surface area contributed by atoms with Crippen molar-refractivity contribution in [2.75, 3.05) is 6.54 Å². The highest BCUT2D eigenvalue weighted by molar-refractivity contribution is 5.98. The molecule has 23 nitrogen and oxygen atoms in total. The third-order valence-corrected chi connectivity index (χ3v) is 14.2. The molecule has 4 rings (SSSR count). The number of imidazole rings is 1. The van der Waals surface area contributed by atoms with Crippen molar-refractivity contribution in [1.29, 1.82) is 0 Å². The first-order chi connectivity index (χ1) is 38.9. The van der Waals surface area contributed by atoms with Crippen molar-refractivity contribution in [3.8, 4) is 0 Å². The van der Waals surface area contributed by atoms with E-state index < -0.39 is 108 Å². The van der Waals surface area contributed by atoms with Crippen LogP contribution in [-0.2, 0) is 62.4 Å². The molecule has 15 N–H and O–H groups in total. The van der Waals surface area contributed by atoms with Crippen molar-refractivity contribution in [3.63, 3.8) is 0 Å². The van der Waals surface area contributed by atoms with Crippen molar-refractivity contribution < 1.29 is 48.3 Å². The summed E-state index contributed by atoms with van der Waals surface area (Å²) in [7, 11) is 0. The number of carbonyl (C=O) groups is 9. The van der Waals surface area contributed by atoms with Gasteiger partial charge in [-0.25, -0.2) is 9.78 Å². The molecule has 0 aliphatic heterocycles. The van der Waals surface area contributed by atoms with Crippen LogP contribution in [-0.4, -0.2) is 134 Å². The monoisotopic (exact) mass is 1140 g/mol. The molecular weight excluding hydrogens is 1050 g/mol. The number of amides is 8. The third-order valence-electron chi connectivity index (χ3n) is 14.2. The molecule has 0 radical (unpaired) electrons. The predicted octanol–water partition coefficient (Wildman–Crippen LogP) is 2.54. The lowest BCUT2D eigenvalue weighted by atomic mass is 9.97. The molecule has 0 saturated heterocycles. The minimum Gasteiger partial charge on any atom is -0.480 e. The van der Waals surface area contributed by atoms with Crippen LogP contribution in [0.5, 0.6) is 0 Å². The maximum Gasteiger partial charge on any atom is 0.326 e. The summed E-state index contributed by atoms with van der Waals surface area (Å²) >= 11 is 0. The summed E-state index contributed by atoms with van der Waals surface area (Å²) in [5, 5.41) is 32.8. The molecule has 82 heavy (non-hydrogen) atoms. The molecule has 0 bridgehead atoms. The van der Waals surface area contributed by atoms with Gasteiger partial charge in [-0.05, 0) is 92.9 Å². The number of aromatic nitrogens is 3. The van der Waals surface area contributed by atoms with Crippen molar-refractivity contribution >= 4 is 64.1 Å². The van der Waals surface area contributed by atoms with Gasteiger partial charge < -0.3 is 69.1 Å². The zero-order valence-corrected chi connectivity index (χ0v) is 48.9. The Hall–Kier alpha value is -7.66. The lowest BCUT2D eigenvalue weighted by Gasteiger charge is -2.28. The van der Waals surface area contributed by atoms with Gasteiger partial charge in [-0.1, -0.05) is 110 Å². The molecule has 10 unspecified atom stereocenters. The molecule has 2 aromatic heterocycles. The SMILES string of the molecule is CCC(C)C(N)C(=O)NC(CC(C)C)C(=O)NC(C)C(=O)NC(CCCCN)C(=O)NC(Cc1ccccc1)C(=O)NC(CC(C)C)C(=O)NC(Cc1cnc[nH]1)C(=O)NC(Cc1c[nH]c2ccccc12)C(=O)NC(CC(C)C)C(=O)O. The Morgan fingerprint density at radius 1 is 0.537 bits per heavy atom. The molecule has 4 aromatic rings. The van der Waals surface area contributed by atoms with Gasteiger partial charge in [-0.15, -0.1) is 0 Å². The summed E-state index contributed by atoms with van der Waals surface area (Å²) in [5.41, 5.74) is 14.5. The zero-order valence-electron chi connectivity index (χ0n) is 48.9. The van der Waals surface area contributed by atoms with Crippen LogP contribution in [0.4, 0.5) is 0 Å². The first-order valence-corrected chi connectivity index (χ1v) is 28.6. The number of aromatic amines is 2. The minimum absolute atomic E-state index is 0.0125. The second kappa shape index (κ2) is 33.3. The van der Waals surface area contributed by atoms with Crippen molar-refractivity contribution in [2.45, 2.75) is 181 Å². The molecule has 2 aromatic carbocycles. The number of rotatable bonds is 35. The van der Waals surface area contributed by atoms with Gasteiger partial charge in [0, 0.05) is 48.3 Å². The van der Waals surface area contributed by atoms with E-state index >= 15 is 0 Å². The highest BCUT2D eigenvalue weighted by atomic mass is 16.4. The predicted molar refractivity (Wildman–Crippen MR) is 312 cm³/mol. The van der Waals surface area contributed by atoms with E-state index in [1.54, 1.807) is 36.5 Å². The molecule has 0 spiro atoms. The van der Waals surface area contributed by atoms with Gasteiger partial charge in [0.25, 0.3) is 0 Å². The van der Waals surface area contributed by atoms with Gasteiger partial charge in [0.1, 0.15) is 48.3 Å². The van der Waals surface area contributed by atoms with Crippen LogP contribution in [0.1, 0.15) is 124 Å². The summed E-state index contributed by atoms with van der Waals surface area (Å²) in [4.78, 5) is 136. The summed E-state index contributed by atoms with van der Waals surface area (Å²) in [6.07, 6.45) is 6.46. The van der Waals surface area contributed by atoms with Gasteiger partial charge >= 0.3 is 5.97 Å². The number of nitrogens with one attached hydrogen (secondary N) is 10. The van der Waals surface area contributed by atoms with Crippen molar-refractivity contribution in [1.82, 2.24) is 57.5 Å². The number of H-pyrrole nitrogens is 2. The molecular formula is C59H89N13O10. The van der Waals surface area contributed by atoms with Crippen LogP contribution >= 0.6 is 0 Å². The average Bonchev–Trinajstić information content (AvgIpc) is 4.17. The van der Waals surface area contributed by atoms with Crippen LogP contribution < -0.4 is 54.0 Å². The van der Waals surface area contributed by atoms with Gasteiger partial charge in [-0.2, -0.15) is 0 Å². The van der Waals surface area contributed by atoms with Crippen molar-refractivity contribution in [3.05, 3.63) is 90.1 Å². The normalized spacial score (nSPS) is 15.1. The van der Waals surface area contributed by atoms with E-state index in [4.69, 9.17) is 11.5 Å². The van der Waals surface area contributed by atoms with Crippen LogP contribution in [0.3, 0.4) is 0 Å². The first-order valence-electron chi connectivity index (χ1n) is 28.6. The number of carbonyl (C=O) groups excluding carboxylic acids is 8. The Balaban J connectivity index is 1.61.